The highest BCUT2D eigenvalue weighted by Crippen LogP contribution is 2.36. The molecule has 1 unspecified atom stereocenters. The lowest BCUT2D eigenvalue weighted by Gasteiger charge is -2.14. The molecule has 0 saturated heterocycles. The lowest BCUT2D eigenvalue weighted by atomic mass is 10.0. The minimum Gasteiger partial charge on any atom is -0.467 e. The monoisotopic (exact) mass is 527 g/mol. The Bertz CT molecular complexity index is 1190. The maximum Gasteiger partial charge on any atom is 0.422 e. The van der Waals surface area contributed by atoms with Crippen LogP contribution in [0.2, 0.25) is 0 Å². The Labute approximate surface area is 206 Å². The van der Waals surface area contributed by atoms with Crippen molar-refractivity contribution in [3.63, 3.8) is 0 Å². The SMILES string of the molecule is CCC(C(=O)Nc1ccc(-c2cncc(OCC(F)(F)F)n2)cc1F)c1csc(NSC2CC2)n1. The van der Waals surface area contributed by atoms with Gasteiger partial charge in [-0.25, -0.2) is 14.4 Å². The van der Waals surface area contributed by atoms with Crippen LogP contribution in [0.3, 0.4) is 0 Å². The summed E-state index contributed by atoms with van der Waals surface area (Å²) in [5.74, 6) is -2.01. The first-order chi connectivity index (χ1) is 16.7. The first-order valence-electron chi connectivity index (χ1n) is 10.7. The largest absolute Gasteiger partial charge is 0.467 e. The molecule has 2 heterocycles. The van der Waals surface area contributed by atoms with Gasteiger partial charge in [-0.1, -0.05) is 13.0 Å². The number of thiazole rings is 1. The topological polar surface area (TPSA) is 89.0 Å². The summed E-state index contributed by atoms with van der Waals surface area (Å²) in [4.78, 5) is 25.1. The van der Waals surface area contributed by atoms with Gasteiger partial charge in [0.25, 0.3) is 0 Å². The molecule has 0 aliphatic heterocycles. The maximum atomic E-state index is 14.8. The standard InChI is InChI=1S/C22H21F4N5O2S2/c1-2-14(18-10-34-21(30-18)31-35-13-4-5-13)20(32)29-16-6-3-12(7-15(16)23)17-8-27-9-19(28-17)33-11-22(24,25)26/h3,6-10,13-14H,2,4-5,11H2,1H3,(H,29,32)(H,30,31). The summed E-state index contributed by atoms with van der Waals surface area (Å²) >= 11 is 3.04. The Morgan fingerprint density at radius 1 is 1.29 bits per heavy atom. The second-order valence-corrected chi connectivity index (χ2v) is 9.75. The van der Waals surface area contributed by atoms with Gasteiger partial charge in [-0.2, -0.15) is 13.2 Å². The molecule has 7 nitrogen and oxygen atoms in total. The zero-order chi connectivity index (χ0) is 25.0. The van der Waals surface area contributed by atoms with Crippen molar-refractivity contribution < 1.29 is 27.1 Å². The van der Waals surface area contributed by atoms with E-state index in [2.05, 4.69) is 29.7 Å². The number of carbonyl (C=O) groups is 1. The zero-order valence-corrected chi connectivity index (χ0v) is 20.1. The highest BCUT2D eigenvalue weighted by Gasteiger charge is 2.29. The molecular weight excluding hydrogens is 506 g/mol. The summed E-state index contributed by atoms with van der Waals surface area (Å²) in [6, 6.07) is 3.96. The van der Waals surface area contributed by atoms with Crippen molar-refractivity contribution in [2.75, 3.05) is 16.6 Å². The van der Waals surface area contributed by atoms with Gasteiger partial charge < -0.3 is 14.8 Å². The Morgan fingerprint density at radius 2 is 2.09 bits per heavy atom. The quantitative estimate of drug-likeness (QED) is 0.246. The molecule has 1 aliphatic rings. The molecule has 1 fully saturated rings. The fourth-order valence-corrected chi connectivity index (χ4v) is 4.68. The number of hydrogen-bond donors (Lipinski definition) is 2. The average Bonchev–Trinajstić information content (AvgIpc) is 3.54. The molecule has 3 aromatic rings. The molecule has 1 atom stereocenters. The van der Waals surface area contributed by atoms with Crippen LogP contribution < -0.4 is 14.8 Å². The molecule has 0 spiro atoms. The Hall–Kier alpha value is -2.93. The van der Waals surface area contributed by atoms with E-state index < -0.39 is 30.4 Å². The number of hydrogen-bond acceptors (Lipinski definition) is 8. The van der Waals surface area contributed by atoms with Gasteiger partial charge in [0.2, 0.25) is 11.8 Å². The average molecular weight is 528 g/mol. The predicted molar refractivity (Wildman–Crippen MR) is 127 cm³/mol. The number of anilines is 2. The third-order valence-electron chi connectivity index (χ3n) is 4.96. The van der Waals surface area contributed by atoms with Crippen molar-refractivity contribution in [1.29, 1.82) is 0 Å². The second kappa shape index (κ2) is 10.8. The van der Waals surface area contributed by atoms with E-state index in [9.17, 15) is 22.4 Å². The Kier molecular flexibility index (Phi) is 7.75. The summed E-state index contributed by atoms with van der Waals surface area (Å²) in [6.45, 7) is 0.334. The number of nitrogens with one attached hydrogen (secondary N) is 2. The Morgan fingerprint density at radius 3 is 2.77 bits per heavy atom. The highest BCUT2D eigenvalue weighted by molar-refractivity contribution is 8.01. The summed E-state index contributed by atoms with van der Waals surface area (Å²) in [5.41, 5.74) is 0.963. The molecule has 2 aromatic heterocycles. The van der Waals surface area contributed by atoms with Crippen LogP contribution in [0, 0.1) is 5.82 Å². The highest BCUT2D eigenvalue weighted by atomic mass is 32.2. The van der Waals surface area contributed by atoms with Gasteiger partial charge in [0.05, 0.1) is 35.4 Å². The van der Waals surface area contributed by atoms with Gasteiger partial charge in [-0.15, -0.1) is 11.3 Å². The van der Waals surface area contributed by atoms with Crippen molar-refractivity contribution in [3.8, 4) is 17.1 Å². The van der Waals surface area contributed by atoms with Gasteiger partial charge in [0.1, 0.15) is 5.82 Å². The number of ether oxygens (including phenoxy) is 1. The van der Waals surface area contributed by atoms with Crippen LogP contribution in [-0.2, 0) is 4.79 Å². The minimum absolute atomic E-state index is 0.0347. The lowest BCUT2D eigenvalue weighted by molar-refractivity contribution is -0.154. The fourth-order valence-electron chi connectivity index (χ4n) is 3.05. The number of aromatic nitrogens is 3. The van der Waals surface area contributed by atoms with E-state index in [0.717, 1.165) is 17.4 Å². The van der Waals surface area contributed by atoms with Crippen LogP contribution in [0.25, 0.3) is 11.3 Å². The molecule has 35 heavy (non-hydrogen) atoms. The maximum absolute atomic E-state index is 14.8. The molecule has 1 aromatic carbocycles. The minimum atomic E-state index is -4.52. The summed E-state index contributed by atoms with van der Waals surface area (Å²) in [7, 11) is 0. The van der Waals surface area contributed by atoms with Gasteiger partial charge in [0.15, 0.2) is 11.7 Å². The molecule has 1 saturated carbocycles. The normalized spacial score (nSPS) is 14.4. The van der Waals surface area contributed by atoms with Gasteiger partial charge in [-0.05, 0) is 43.3 Å². The van der Waals surface area contributed by atoms with E-state index in [4.69, 9.17) is 0 Å². The van der Waals surface area contributed by atoms with Crippen molar-refractivity contribution in [3.05, 3.63) is 47.5 Å². The molecule has 2 N–H and O–H groups in total. The van der Waals surface area contributed by atoms with Crippen LogP contribution in [-0.4, -0.2) is 38.9 Å². The van der Waals surface area contributed by atoms with E-state index >= 15 is 0 Å². The number of halogens is 4. The molecule has 0 radical (unpaired) electrons. The fraction of sp³-hybridized carbons (Fsp3) is 0.364. The molecular formula is C22H21F4N5O2S2. The van der Waals surface area contributed by atoms with Crippen molar-refractivity contribution in [1.82, 2.24) is 15.0 Å². The van der Waals surface area contributed by atoms with E-state index in [-0.39, 0.29) is 22.8 Å². The summed E-state index contributed by atoms with van der Waals surface area (Å²) in [6.07, 6.45) is 0.635. The summed E-state index contributed by atoms with van der Waals surface area (Å²) < 4.78 is 59.7. The number of nitrogens with zero attached hydrogens (tertiary/aromatic N) is 3. The smallest absolute Gasteiger partial charge is 0.422 e. The van der Waals surface area contributed by atoms with E-state index in [0.29, 0.717) is 17.4 Å². The summed E-state index contributed by atoms with van der Waals surface area (Å²) in [5, 5.41) is 5.74. The van der Waals surface area contributed by atoms with Crippen LogP contribution >= 0.6 is 23.3 Å². The second-order valence-electron chi connectivity index (χ2n) is 7.79. The molecule has 13 heteroatoms. The third-order valence-corrected chi connectivity index (χ3v) is 6.98. The number of alkyl halides is 3. The molecule has 0 bridgehead atoms. The van der Waals surface area contributed by atoms with Crippen LogP contribution in [0.1, 0.15) is 37.8 Å². The van der Waals surface area contributed by atoms with Crippen LogP contribution in [0.4, 0.5) is 28.4 Å². The number of benzene rings is 1. The van der Waals surface area contributed by atoms with Crippen LogP contribution in [0.15, 0.2) is 36.0 Å². The van der Waals surface area contributed by atoms with Gasteiger partial charge >= 0.3 is 6.18 Å². The molecule has 186 valence electrons. The van der Waals surface area contributed by atoms with E-state index in [1.807, 2.05) is 12.3 Å². The van der Waals surface area contributed by atoms with Crippen molar-refractivity contribution in [2.24, 2.45) is 0 Å². The molecule has 1 aliphatic carbocycles. The van der Waals surface area contributed by atoms with Gasteiger partial charge in [-0.3, -0.25) is 9.78 Å². The molecule has 4 rings (SSSR count). The Balaban J connectivity index is 1.42. The number of amides is 1. The first-order valence-corrected chi connectivity index (χ1v) is 12.5. The van der Waals surface area contributed by atoms with E-state index in [1.165, 1.54) is 42.5 Å². The van der Waals surface area contributed by atoms with Gasteiger partial charge in [0, 0.05) is 16.2 Å². The predicted octanol–water partition coefficient (Wildman–Crippen LogP) is 6.04. The van der Waals surface area contributed by atoms with Crippen molar-refractivity contribution >= 4 is 40.0 Å². The number of rotatable bonds is 10. The first kappa shape index (κ1) is 25.2. The van der Waals surface area contributed by atoms with Crippen LogP contribution in [0.5, 0.6) is 5.88 Å². The molecule has 1 amide bonds. The van der Waals surface area contributed by atoms with E-state index in [1.54, 1.807) is 11.9 Å². The number of carbonyl (C=O) groups excluding carboxylic acids is 1. The lowest BCUT2D eigenvalue weighted by Crippen LogP contribution is -2.21. The third kappa shape index (κ3) is 7.04. The van der Waals surface area contributed by atoms with Crippen molar-refractivity contribution in [2.45, 2.75) is 43.5 Å². The zero-order valence-electron chi connectivity index (χ0n) is 18.4.